The molecule has 0 unspecified atom stereocenters. The van der Waals surface area contributed by atoms with Gasteiger partial charge in [-0.25, -0.2) is 0 Å². The van der Waals surface area contributed by atoms with Gasteiger partial charge >= 0.3 is 5.97 Å². The van der Waals surface area contributed by atoms with Gasteiger partial charge in [-0.15, -0.1) is 0 Å². The molecular formula is C11H22O5S. The molecule has 0 spiro atoms. The quantitative estimate of drug-likeness (QED) is 0.372. The summed E-state index contributed by atoms with van der Waals surface area (Å²) in [4.78, 5) is 11.2. The Labute approximate surface area is 103 Å². The van der Waals surface area contributed by atoms with E-state index >= 15 is 0 Å². The summed E-state index contributed by atoms with van der Waals surface area (Å²) < 4.78 is 34.0. The molecule has 1 N–H and O–H groups in total. The molecule has 0 radical (unpaired) electrons. The summed E-state index contributed by atoms with van der Waals surface area (Å²) in [6.07, 6.45) is 5.84. The minimum atomic E-state index is -3.94. The number of carbonyl (C=O) groups is 1. The topological polar surface area (TPSA) is 80.7 Å². The van der Waals surface area contributed by atoms with Crippen molar-refractivity contribution in [2.45, 2.75) is 51.9 Å². The van der Waals surface area contributed by atoms with Gasteiger partial charge in [-0.2, -0.15) is 8.42 Å². The second-order valence-corrected chi connectivity index (χ2v) is 5.60. The molecule has 17 heavy (non-hydrogen) atoms. The average molecular weight is 266 g/mol. The number of hydrogen-bond donors (Lipinski definition) is 1. The fourth-order valence-electron chi connectivity index (χ4n) is 1.37. The molecule has 0 aliphatic rings. The highest BCUT2D eigenvalue weighted by Gasteiger charge is 2.06. The molecule has 0 aliphatic carbocycles. The van der Waals surface area contributed by atoms with Gasteiger partial charge < -0.3 is 4.74 Å². The van der Waals surface area contributed by atoms with Crippen LogP contribution >= 0.6 is 0 Å². The van der Waals surface area contributed by atoms with Gasteiger partial charge in [-0.1, -0.05) is 32.6 Å². The van der Waals surface area contributed by atoms with E-state index in [2.05, 4.69) is 6.92 Å². The zero-order chi connectivity index (χ0) is 13.1. The molecule has 0 atom stereocenters. The van der Waals surface area contributed by atoms with Gasteiger partial charge in [-0.3, -0.25) is 9.35 Å². The van der Waals surface area contributed by atoms with Gasteiger partial charge in [0.15, 0.2) is 0 Å². The summed E-state index contributed by atoms with van der Waals surface area (Å²) in [5.74, 6) is -0.659. The summed E-state index contributed by atoms with van der Waals surface area (Å²) in [5, 5.41) is 0. The lowest BCUT2D eigenvalue weighted by atomic mass is 10.1. The van der Waals surface area contributed by atoms with Gasteiger partial charge in [0.1, 0.15) is 0 Å². The highest BCUT2D eigenvalue weighted by atomic mass is 32.2. The molecule has 0 amide bonds. The Morgan fingerprint density at radius 3 is 2.35 bits per heavy atom. The molecule has 0 aromatic heterocycles. The third-order valence-corrected chi connectivity index (χ3v) is 3.10. The summed E-state index contributed by atoms with van der Waals surface area (Å²) >= 11 is 0. The van der Waals surface area contributed by atoms with Crippen LogP contribution in [0.1, 0.15) is 51.9 Å². The van der Waals surface area contributed by atoms with Crippen molar-refractivity contribution in [1.82, 2.24) is 0 Å². The molecule has 0 aromatic carbocycles. The van der Waals surface area contributed by atoms with E-state index in [1.807, 2.05) is 0 Å². The van der Waals surface area contributed by atoms with E-state index < -0.39 is 10.1 Å². The molecular weight excluding hydrogens is 244 g/mol. The fraction of sp³-hybridized carbons (Fsp3) is 0.909. The minimum absolute atomic E-state index is 0.0492. The Kier molecular flexibility index (Phi) is 9.07. The van der Waals surface area contributed by atoms with E-state index in [4.69, 9.17) is 9.29 Å². The smallest absolute Gasteiger partial charge is 0.305 e. The molecule has 0 saturated heterocycles. The minimum Gasteiger partial charge on any atom is -0.466 e. The maximum atomic E-state index is 11.2. The number of unbranched alkanes of at least 4 members (excludes halogenated alkanes) is 4. The lowest BCUT2D eigenvalue weighted by Crippen LogP contribution is -2.10. The van der Waals surface area contributed by atoms with E-state index in [0.717, 1.165) is 19.3 Å². The van der Waals surface area contributed by atoms with Crippen LogP contribution in [0.2, 0.25) is 0 Å². The van der Waals surface area contributed by atoms with Crippen molar-refractivity contribution in [3.63, 3.8) is 0 Å². The number of ether oxygens (including phenoxy) is 1. The van der Waals surface area contributed by atoms with E-state index in [-0.39, 0.29) is 24.7 Å². The molecule has 5 nitrogen and oxygen atoms in total. The van der Waals surface area contributed by atoms with E-state index in [1.54, 1.807) is 0 Å². The van der Waals surface area contributed by atoms with Crippen LogP contribution in [0.15, 0.2) is 0 Å². The molecule has 0 aliphatic heterocycles. The van der Waals surface area contributed by atoms with Crippen molar-refractivity contribution < 1.29 is 22.5 Å². The maximum absolute atomic E-state index is 11.2. The zero-order valence-corrected chi connectivity index (χ0v) is 11.2. The third-order valence-electron chi connectivity index (χ3n) is 2.29. The normalized spacial score (nSPS) is 11.4. The van der Waals surface area contributed by atoms with Crippen LogP contribution in [0.5, 0.6) is 0 Å². The Morgan fingerprint density at radius 1 is 1.12 bits per heavy atom. The second kappa shape index (κ2) is 9.41. The van der Waals surface area contributed by atoms with Crippen molar-refractivity contribution in [2.75, 3.05) is 12.4 Å². The molecule has 0 aromatic rings. The number of rotatable bonds is 10. The monoisotopic (exact) mass is 266 g/mol. The largest absolute Gasteiger partial charge is 0.466 e. The molecule has 0 rings (SSSR count). The summed E-state index contributed by atoms with van der Waals surface area (Å²) in [5.41, 5.74) is 0. The van der Waals surface area contributed by atoms with Crippen LogP contribution in [-0.2, 0) is 19.6 Å². The van der Waals surface area contributed by atoms with Gasteiger partial charge in [0.25, 0.3) is 10.1 Å². The predicted molar refractivity (Wildman–Crippen MR) is 65.4 cm³/mol. The number of esters is 1. The van der Waals surface area contributed by atoms with Crippen molar-refractivity contribution in [3.05, 3.63) is 0 Å². The molecule has 6 heteroatoms. The van der Waals surface area contributed by atoms with Crippen LogP contribution < -0.4 is 0 Å². The zero-order valence-electron chi connectivity index (χ0n) is 10.4. The van der Waals surface area contributed by atoms with E-state index in [9.17, 15) is 13.2 Å². The summed E-state index contributed by atoms with van der Waals surface area (Å²) in [6.45, 7) is 2.18. The number of hydrogen-bond acceptors (Lipinski definition) is 4. The fourth-order valence-corrected chi connectivity index (χ4v) is 1.86. The first kappa shape index (κ1) is 16.4. The summed E-state index contributed by atoms with van der Waals surface area (Å²) in [6, 6.07) is 0. The van der Waals surface area contributed by atoms with Crippen LogP contribution in [0.4, 0.5) is 0 Å². The van der Waals surface area contributed by atoms with Crippen molar-refractivity contribution >= 4 is 16.1 Å². The Balaban J connectivity index is 3.35. The van der Waals surface area contributed by atoms with E-state index in [0.29, 0.717) is 6.42 Å². The molecule has 0 bridgehead atoms. The van der Waals surface area contributed by atoms with Crippen LogP contribution in [0, 0.1) is 0 Å². The lowest BCUT2D eigenvalue weighted by Gasteiger charge is -2.03. The van der Waals surface area contributed by atoms with Crippen LogP contribution in [-0.4, -0.2) is 31.3 Å². The standard InChI is InChI=1S/C11H22O5S/c1-2-3-4-5-6-8-11(12)16-9-7-10-17(13,14)15/h2-10H2,1H3,(H,13,14,15). The molecule has 0 heterocycles. The maximum Gasteiger partial charge on any atom is 0.305 e. The van der Waals surface area contributed by atoms with Crippen LogP contribution in [0.3, 0.4) is 0 Å². The van der Waals surface area contributed by atoms with Crippen molar-refractivity contribution in [2.24, 2.45) is 0 Å². The first-order valence-corrected chi connectivity index (χ1v) is 7.67. The Hall–Kier alpha value is -0.620. The third kappa shape index (κ3) is 13.3. The Morgan fingerprint density at radius 2 is 1.76 bits per heavy atom. The van der Waals surface area contributed by atoms with Gasteiger partial charge in [0.05, 0.1) is 12.4 Å². The van der Waals surface area contributed by atoms with Gasteiger partial charge in [0, 0.05) is 6.42 Å². The second-order valence-electron chi connectivity index (χ2n) is 4.02. The first-order chi connectivity index (χ1) is 7.95. The predicted octanol–water partition coefficient (Wildman–Crippen LogP) is 2.17. The highest BCUT2D eigenvalue weighted by molar-refractivity contribution is 7.85. The Bertz CT molecular complexity index is 297. The van der Waals surface area contributed by atoms with Gasteiger partial charge in [0.2, 0.25) is 0 Å². The molecule has 0 fully saturated rings. The van der Waals surface area contributed by atoms with Crippen LogP contribution in [0.25, 0.3) is 0 Å². The van der Waals surface area contributed by atoms with Crippen molar-refractivity contribution in [3.8, 4) is 0 Å². The molecule has 102 valence electrons. The first-order valence-electron chi connectivity index (χ1n) is 6.06. The van der Waals surface area contributed by atoms with Crippen molar-refractivity contribution in [1.29, 1.82) is 0 Å². The van der Waals surface area contributed by atoms with E-state index in [1.165, 1.54) is 12.8 Å². The SMILES string of the molecule is CCCCCCCC(=O)OCCCS(=O)(=O)O. The number of carbonyl (C=O) groups excluding carboxylic acids is 1. The average Bonchev–Trinajstić information content (AvgIpc) is 2.23. The lowest BCUT2D eigenvalue weighted by molar-refractivity contribution is -0.143. The summed E-state index contributed by atoms with van der Waals surface area (Å²) in [7, 11) is -3.94. The highest BCUT2D eigenvalue weighted by Crippen LogP contribution is 2.05. The molecule has 0 saturated carbocycles. The van der Waals surface area contributed by atoms with Gasteiger partial charge in [-0.05, 0) is 12.8 Å².